The summed E-state index contributed by atoms with van der Waals surface area (Å²) in [5.74, 6) is 2.21. The van der Waals surface area contributed by atoms with Gasteiger partial charge in [0.25, 0.3) is 0 Å². The molecule has 8 nitrogen and oxygen atoms in total. The molecule has 0 saturated carbocycles. The van der Waals surface area contributed by atoms with Gasteiger partial charge in [-0.1, -0.05) is 24.3 Å². The second-order valence-corrected chi connectivity index (χ2v) is 6.34. The Balaban J connectivity index is 1.35. The van der Waals surface area contributed by atoms with Gasteiger partial charge in [-0.05, 0) is 24.3 Å². The average Bonchev–Trinajstić information content (AvgIpc) is 3.21. The number of furan rings is 1. The average molecular weight is 392 g/mol. The number of nitrogens with one attached hydrogen (secondary N) is 1. The van der Waals surface area contributed by atoms with Crippen molar-refractivity contribution in [1.82, 2.24) is 15.2 Å². The normalized spacial score (nSPS) is 11.9. The van der Waals surface area contributed by atoms with Crippen molar-refractivity contribution in [3.63, 3.8) is 0 Å². The quantitative estimate of drug-likeness (QED) is 0.471. The molecule has 8 heteroatoms. The zero-order valence-electron chi connectivity index (χ0n) is 15.8. The lowest BCUT2D eigenvalue weighted by Gasteiger charge is -2.13. The van der Waals surface area contributed by atoms with E-state index in [1.165, 1.54) is 6.20 Å². The second kappa shape index (κ2) is 8.57. The standard InChI is InChI=1S/C21H20N4O4/c1-27-16-6-4-7-17(10-16)28-13-15(26)11-22-21-24-18(12-23-25-21)20-9-14-5-2-3-8-19(14)29-20/h2-10,12,15,26H,11,13H2,1H3,(H,22,24,25). The SMILES string of the molecule is COc1cccc(OCC(O)CNc2nncc(-c3cc4ccccc4o3)n2)c1. The lowest BCUT2D eigenvalue weighted by Crippen LogP contribution is -2.27. The van der Waals surface area contributed by atoms with Crippen LogP contribution in [0.25, 0.3) is 22.4 Å². The fraction of sp³-hybridized carbons (Fsp3) is 0.190. The monoisotopic (exact) mass is 392 g/mol. The number of nitrogens with zero attached hydrogens (tertiary/aromatic N) is 3. The topological polar surface area (TPSA) is 103 Å². The van der Waals surface area contributed by atoms with E-state index in [0.29, 0.717) is 28.9 Å². The molecule has 0 saturated heterocycles. The maximum Gasteiger partial charge on any atom is 0.243 e. The first-order valence-electron chi connectivity index (χ1n) is 9.09. The zero-order valence-corrected chi connectivity index (χ0v) is 15.8. The van der Waals surface area contributed by atoms with Crippen molar-refractivity contribution in [3.8, 4) is 23.0 Å². The van der Waals surface area contributed by atoms with Crippen LogP contribution >= 0.6 is 0 Å². The van der Waals surface area contributed by atoms with E-state index in [0.717, 1.165) is 11.0 Å². The molecule has 0 fully saturated rings. The van der Waals surface area contributed by atoms with Gasteiger partial charge in [-0.2, -0.15) is 5.10 Å². The number of hydrogen-bond acceptors (Lipinski definition) is 8. The van der Waals surface area contributed by atoms with Crippen molar-refractivity contribution in [1.29, 1.82) is 0 Å². The highest BCUT2D eigenvalue weighted by Crippen LogP contribution is 2.26. The van der Waals surface area contributed by atoms with Gasteiger partial charge < -0.3 is 24.3 Å². The van der Waals surface area contributed by atoms with Gasteiger partial charge in [0.1, 0.15) is 35.5 Å². The predicted molar refractivity (Wildman–Crippen MR) is 108 cm³/mol. The smallest absolute Gasteiger partial charge is 0.243 e. The minimum Gasteiger partial charge on any atom is -0.497 e. The van der Waals surface area contributed by atoms with Crippen molar-refractivity contribution >= 4 is 16.9 Å². The number of para-hydroxylation sites is 1. The van der Waals surface area contributed by atoms with E-state index >= 15 is 0 Å². The number of aliphatic hydroxyl groups excluding tert-OH is 1. The number of aromatic nitrogens is 3. The Morgan fingerprint density at radius 3 is 2.83 bits per heavy atom. The van der Waals surface area contributed by atoms with E-state index in [-0.39, 0.29) is 13.2 Å². The van der Waals surface area contributed by atoms with Gasteiger partial charge in [-0.15, -0.1) is 5.10 Å². The van der Waals surface area contributed by atoms with Crippen LogP contribution < -0.4 is 14.8 Å². The fourth-order valence-corrected chi connectivity index (χ4v) is 2.76. The summed E-state index contributed by atoms with van der Waals surface area (Å²) in [6.07, 6.45) is 0.769. The Morgan fingerprint density at radius 2 is 1.97 bits per heavy atom. The maximum atomic E-state index is 10.2. The summed E-state index contributed by atoms with van der Waals surface area (Å²) in [5, 5.41) is 22.0. The summed E-state index contributed by atoms with van der Waals surface area (Å²) in [5.41, 5.74) is 1.33. The van der Waals surface area contributed by atoms with Crippen LogP contribution in [0.5, 0.6) is 11.5 Å². The number of methoxy groups -OCH3 is 1. The molecule has 2 N–H and O–H groups in total. The van der Waals surface area contributed by atoms with Gasteiger partial charge in [-0.3, -0.25) is 0 Å². The molecule has 2 heterocycles. The number of ether oxygens (including phenoxy) is 2. The fourth-order valence-electron chi connectivity index (χ4n) is 2.76. The number of fused-ring (bicyclic) bond motifs is 1. The van der Waals surface area contributed by atoms with Gasteiger partial charge in [-0.25, -0.2) is 4.98 Å². The van der Waals surface area contributed by atoms with Gasteiger partial charge >= 0.3 is 0 Å². The number of rotatable bonds is 8. The van der Waals surface area contributed by atoms with Gasteiger partial charge in [0.15, 0.2) is 5.76 Å². The van der Waals surface area contributed by atoms with E-state index in [9.17, 15) is 5.11 Å². The maximum absolute atomic E-state index is 10.2. The highest BCUT2D eigenvalue weighted by Gasteiger charge is 2.11. The Hall–Kier alpha value is -3.65. The molecule has 1 atom stereocenters. The van der Waals surface area contributed by atoms with Crippen LogP contribution in [-0.4, -0.2) is 46.7 Å². The molecule has 0 bridgehead atoms. The number of hydrogen-bond donors (Lipinski definition) is 2. The third-order valence-corrected chi connectivity index (χ3v) is 4.22. The lowest BCUT2D eigenvalue weighted by atomic mass is 10.2. The van der Waals surface area contributed by atoms with E-state index in [2.05, 4.69) is 20.5 Å². The summed E-state index contributed by atoms with van der Waals surface area (Å²) in [7, 11) is 1.59. The van der Waals surface area contributed by atoms with Gasteiger partial charge in [0.05, 0.1) is 13.3 Å². The van der Waals surface area contributed by atoms with Crippen LogP contribution in [0.1, 0.15) is 0 Å². The predicted octanol–water partition coefficient (Wildman–Crippen LogP) is 3.15. The molecule has 4 aromatic rings. The highest BCUT2D eigenvalue weighted by atomic mass is 16.5. The van der Waals surface area contributed by atoms with Gasteiger partial charge in [0.2, 0.25) is 5.95 Å². The minimum absolute atomic E-state index is 0.108. The summed E-state index contributed by atoms with van der Waals surface area (Å²) in [4.78, 5) is 4.40. The molecule has 0 aliphatic rings. The van der Waals surface area contributed by atoms with E-state index in [4.69, 9.17) is 13.9 Å². The molecule has 0 spiro atoms. The molecule has 0 aliphatic carbocycles. The molecule has 0 amide bonds. The van der Waals surface area contributed by atoms with Crippen LogP contribution in [-0.2, 0) is 0 Å². The van der Waals surface area contributed by atoms with E-state index in [1.807, 2.05) is 42.5 Å². The molecule has 0 radical (unpaired) electrons. The van der Waals surface area contributed by atoms with Crippen LogP contribution in [0.4, 0.5) is 5.95 Å². The van der Waals surface area contributed by atoms with Crippen LogP contribution in [0, 0.1) is 0 Å². The van der Waals surface area contributed by atoms with Gasteiger partial charge in [0, 0.05) is 18.0 Å². The van der Waals surface area contributed by atoms with E-state index < -0.39 is 6.10 Å². The summed E-state index contributed by atoms with van der Waals surface area (Å²) >= 11 is 0. The molecule has 0 aliphatic heterocycles. The first-order chi connectivity index (χ1) is 14.2. The molecule has 2 aromatic carbocycles. The number of aliphatic hydroxyl groups is 1. The number of anilines is 1. The summed E-state index contributed by atoms with van der Waals surface area (Å²) in [6, 6.07) is 16.8. The first-order valence-corrected chi connectivity index (χ1v) is 9.09. The molecular weight excluding hydrogens is 372 g/mol. The highest BCUT2D eigenvalue weighted by molar-refractivity contribution is 5.82. The molecule has 1 unspecified atom stereocenters. The largest absolute Gasteiger partial charge is 0.497 e. The van der Waals surface area contributed by atoms with E-state index in [1.54, 1.807) is 19.2 Å². The van der Waals surface area contributed by atoms with Crippen LogP contribution in [0.2, 0.25) is 0 Å². The minimum atomic E-state index is -0.764. The zero-order chi connectivity index (χ0) is 20.1. The Labute approximate surface area is 167 Å². The molecule has 29 heavy (non-hydrogen) atoms. The van der Waals surface area contributed by atoms with Crippen molar-refractivity contribution in [2.24, 2.45) is 0 Å². The number of benzene rings is 2. The molecule has 148 valence electrons. The van der Waals surface area contributed by atoms with Crippen molar-refractivity contribution in [3.05, 3.63) is 60.8 Å². The van der Waals surface area contributed by atoms with Crippen LogP contribution in [0.3, 0.4) is 0 Å². The van der Waals surface area contributed by atoms with Crippen molar-refractivity contribution in [2.75, 3.05) is 25.6 Å². The van der Waals surface area contributed by atoms with Crippen molar-refractivity contribution < 1.29 is 19.0 Å². The second-order valence-electron chi connectivity index (χ2n) is 6.34. The Bertz CT molecular complexity index is 1070. The van der Waals surface area contributed by atoms with Crippen LogP contribution in [0.15, 0.2) is 65.2 Å². The molecular formula is C21H20N4O4. The Morgan fingerprint density at radius 1 is 1.10 bits per heavy atom. The summed E-state index contributed by atoms with van der Waals surface area (Å²) in [6.45, 7) is 0.312. The third-order valence-electron chi connectivity index (χ3n) is 4.22. The molecule has 2 aromatic heterocycles. The third kappa shape index (κ3) is 4.61. The first kappa shape index (κ1) is 18.7. The summed E-state index contributed by atoms with van der Waals surface area (Å²) < 4.78 is 16.5. The Kier molecular flexibility index (Phi) is 5.53. The van der Waals surface area contributed by atoms with Crippen molar-refractivity contribution in [2.45, 2.75) is 6.10 Å². The lowest BCUT2D eigenvalue weighted by molar-refractivity contribution is 0.117. The molecule has 4 rings (SSSR count).